The molecule has 0 amide bonds. The molecule has 1 aliphatic rings. The summed E-state index contributed by atoms with van der Waals surface area (Å²) in [6, 6.07) is 10.2. The number of pyridine rings is 1. The molecule has 1 aliphatic heterocycles. The van der Waals surface area contributed by atoms with Gasteiger partial charge >= 0.3 is 5.97 Å². The number of aliphatic hydroxyl groups is 1. The molecule has 0 aliphatic carbocycles. The number of carboxylic acids is 1. The zero-order chi connectivity index (χ0) is 20.4. The van der Waals surface area contributed by atoms with Gasteiger partial charge in [-0.3, -0.25) is 4.98 Å². The maximum atomic E-state index is 11.8. The molecule has 0 saturated heterocycles. The maximum absolute atomic E-state index is 11.8. The molecule has 1 aromatic heterocycles. The summed E-state index contributed by atoms with van der Waals surface area (Å²) < 4.78 is 5.42. The van der Waals surface area contributed by atoms with Crippen LogP contribution in [-0.4, -0.2) is 34.4 Å². The number of aromatic nitrogens is 1. The highest BCUT2D eigenvalue weighted by Crippen LogP contribution is 2.37. The molecule has 0 radical (unpaired) electrons. The molecule has 6 nitrogen and oxygen atoms in total. The topological polar surface area (TPSA) is 91.7 Å². The van der Waals surface area contributed by atoms with E-state index >= 15 is 0 Å². The van der Waals surface area contributed by atoms with Crippen molar-refractivity contribution in [2.45, 2.75) is 13.0 Å². The van der Waals surface area contributed by atoms with Gasteiger partial charge in [0.1, 0.15) is 0 Å². The van der Waals surface area contributed by atoms with Gasteiger partial charge in [-0.25, -0.2) is 4.79 Å². The molecule has 0 unspecified atom stereocenters. The van der Waals surface area contributed by atoms with Crippen LogP contribution in [0.4, 0.5) is 11.4 Å². The first-order valence-electron chi connectivity index (χ1n) is 9.16. The third kappa shape index (κ3) is 3.96. The van der Waals surface area contributed by atoms with E-state index < -0.39 is 5.97 Å². The number of carboxylic acid groups (broad SMARTS) is 1. The van der Waals surface area contributed by atoms with Gasteiger partial charge in [-0.1, -0.05) is 23.7 Å². The van der Waals surface area contributed by atoms with Crippen LogP contribution in [0, 0.1) is 0 Å². The second kappa shape index (κ2) is 8.21. The van der Waals surface area contributed by atoms with E-state index in [1.807, 2.05) is 18.2 Å². The number of fused-ring (bicyclic) bond motifs is 1. The molecule has 4 rings (SSSR count). The molecule has 0 fully saturated rings. The molecule has 0 bridgehead atoms. The van der Waals surface area contributed by atoms with Crippen molar-refractivity contribution in [2.75, 3.05) is 18.5 Å². The second-order valence-corrected chi connectivity index (χ2v) is 7.17. The summed E-state index contributed by atoms with van der Waals surface area (Å²) in [5.74, 6) is -1.08. The molecule has 29 heavy (non-hydrogen) atoms. The van der Waals surface area contributed by atoms with Crippen molar-refractivity contribution in [1.29, 1.82) is 0 Å². The lowest BCUT2D eigenvalue weighted by Crippen LogP contribution is -2.08. The molecular weight excluding hydrogens is 392 g/mol. The maximum Gasteiger partial charge on any atom is 0.337 e. The van der Waals surface area contributed by atoms with Crippen LogP contribution >= 0.6 is 11.6 Å². The van der Waals surface area contributed by atoms with Crippen LogP contribution in [0.5, 0.6) is 0 Å². The van der Waals surface area contributed by atoms with Crippen molar-refractivity contribution in [2.24, 2.45) is 0 Å². The monoisotopic (exact) mass is 410 g/mol. The molecule has 2 aromatic carbocycles. The van der Waals surface area contributed by atoms with E-state index in [1.165, 1.54) is 6.07 Å². The lowest BCUT2D eigenvalue weighted by molar-refractivity contribution is 0.0698. The molecule has 2 heterocycles. The number of aliphatic hydroxyl groups excluding tert-OH is 1. The second-order valence-electron chi connectivity index (χ2n) is 6.73. The van der Waals surface area contributed by atoms with Crippen molar-refractivity contribution >= 4 is 45.4 Å². The Morgan fingerprint density at radius 1 is 1.24 bits per heavy atom. The Morgan fingerprint density at radius 3 is 2.83 bits per heavy atom. The highest BCUT2D eigenvalue weighted by molar-refractivity contribution is 6.31. The number of hydrogen-bond acceptors (Lipinski definition) is 5. The quantitative estimate of drug-likeness (QED) is 0.568. The van der Waals surface area contributed by atoms with Crippen molar-refractivity contribution in [3.63, 3.8) is 0 Å². The normalized spacial score (nSPS) is 13.9. The molecule has 3 N–H and O–H groups in total. The van der Waals surface area contributed by atoms with Crippen LogP contribution in [0.2, 0.25) is 5.02 Å². The largest absolute Gasteiger partial charge is 0.478 e. The Labute approximate surface area is 172 Å². The van der Waals surface area contributed by atoms with Crippen molar-refractivity contribution < 1.29 is 19.7 Å². The Hall–Kier alpha value is -2.93. The number of nitrogens with zero attached hydrogens (tertiary/aromatic N) is 1. The van der Waals surface area contributed by atoms with Crippen LogP contribution in [0.25, 0.3) is 16.5 Å². The number of aromatic carboxylic acids is 1. The van der Waals surface area contributed by atoms with E-state index in [-0.39, 0.29) is 12.2 Å². The summed E-state index contributed by atoms with van der Waals surface area (Å²) in [6.07, 6.45) is 4.53. The van der Waals surface area contributed by atoms with Gasteiger partial charge in [0.15, 0.2) is 0 Å². The summed E-state index contributed by atoms with van der Waals surface area (Å²) in [7, 11) is 0. The first-order valence-corrected chi connectivity index (χ1v) is 9.54. The number of rotatable bonds is 5. The Morgan fingerprint density at radius 2 is 2.10 bits per heavy atom. The van der Waals surface area contributed by atoms with Gasteiger partial charge in [-0.2, -0.15) is 0 Å². The van der Waals surface area contributed by atoms with Gasteiger partial charge < -0.3 is 20.3 Å². The zero-order valence-electron chi connectivity index (χ0n) is 15.5. The number of anilines is 2. The van der Waals surface area contributed by atoms with Crippen LogP contribution in [0.15, 0.2) is 48.7 Å². The van der Waals surface area contributed by atoms with E-state index in [2.05, 4.69) is 10.3 Å². The number of nitrogens with one attached hydrogen (secondary N) is 1. The van der Waals surface area contributed by atoms with Gasteiger partial charge in [0.25, 0.3) is 0 Å². The Kier molecular flexibility index (Phi) is 5.49. The van der Waals surface area contributed by atoms with E-state index in [1.54, 1.807) is 24.4 Å². The van der Waals surface area contributed by atoms with Crippen molar-refractivity contribution in [3.8, 4) is 0 Å². The highest BCUT2D eigenvalue weighted by Gasteiger charge is 2.18. The van der Waals surface area contributed by atoms with Gasteiger partial charge in [-0.15, -0.1) is 0 Å². The summed E-state index contributed by atoms with van der Waals surface area (Å²) in [5.41, 5.74) is 4.49. The SMILES string of the molecule is O=C(O)c1cc(CO)ccc1Nc1c(C2=CCOCC2)cnc2ccc(Cl)cc12. The highest BCUT2D eigenvalue weighted by atomic mass is 35.5. The lowest BCUT2D eigenvalue weighted by atomic mass is 9.98. The standard InChI is InChI=1S/C22H19ClN2O4/c23-15-2-4-19-16(10-15)21(18(11-24-19)14-5-7-29-8-6-14)25-20-3-1-13(12-26)9-17(20)22(27)28/h1-5,9-11,26H,6-8,12H2,(H,24,25)(H,27,28). The fourth-order valence-electron chi connectivity index (χ4n) is 3.42. The number of halogens is 1. The van der Waals surface area contributed by atoms with Crippen LogP contribution < -0.4 is 5.32 Å². The summed E-state index contributed by atoms with van der Waals surface area (Å²) >= 11 is 6.24. The number of ether oxygens (including phenoxy) is 1. The lowest BCUT2D eigenvalue weighted by Gasteiger charge is -2.20. The van der Waals surface area contributed by atoms with Crippen LogP contribution in [0.3, 0.4) is 0 Å². The molecular formula is C22H19ClN2O4. The Bertz CT molecular complexity index is 1130. The number of benzene rings is 2. The minimum absolute atomic E-state index is 0.0791. The minimum atomic E-state index is -1.08. The molecule has 0 spiro atoms. The fraction of sp³-hybridized carbons (Fsp3) is 0.182. The summed E-state index contributed by atoms with van der Waals surface area (Å²) in [5, 5.41) is 23.7. The van der Waals surface area contributed by atoms with Gasteiger partial charge in [0, 0.05) is 22.2 Å². The molecule has 0 saturated carbocycles. The third-order valence-electron chi connectivity index (χ3n) is 4.90. The van der Waals surface area contributed by atoms with Crippen LogP contribution in [-0.2, 0) is 11.3 Å². The van der Waals surface area contributed by atoms with Gasteiger partial charge in [0.05, 0.1) is 42.3 Å². The number of hydrogen-bond donors (Lipinski definition) is 3. The van der Waals surface area contributed by atoms with Gasteiger partial charge in [0.2, 0.25) is 0 Å². The minimum Gasteiger partial charge on any atom is -0.478 e. The zero-order valence-corrected chi connectivity index (χ0v) is 16.2. The average molecular weight is 411 g/mol. The molecule has 148 valence electrons. The predicted octanol–water partition coefficient (Wildman–Crippen LogP) is 4.63. The molecule has 3 aromatic rings. The molecule has 7 heteroatoms. The first kappa shape index (κ1) is 19.4. The average Bonchev–Trinajstić information content (AvgIpc) is 2.74. The smallest absolute Gasteiger partial charge is 0.337 e. The number of carbonyl (C=O) groups is 1. The third-order valence-corrected chi connectivity index (χ3v) is 5.13. The summed E-state index contributed by atoms with van der Waals surface area (Å²) in [6.45, 7) is 0.908. The predicted molar refractivity (Wildman–Crippen MR) is 113 cm³/mol. The van der Waals surface area contributed by atoms with Crippen molar-refractivity contribution in [1.82, 2.24) is 4.98 Å². The van der Waals surface area contributed by atoms with Crippen LogP contribution in [0.1, 0.15) is 27.9 Å². The van der Waals surface area contributed by atoms with Crippen molar-refractivity contribution in [3.05, 3.63) is 70.4 Å². The summed E-state index contributed by atoms with van der Waals surface area (Å²) in [4.78, 5) is 16.4. The van der Waals surface area contributed by atoms with E-state index in [9.17, 15) is 15.0 Å². The van der Waals surface area contributed by atoms with E-state index in [0.717, 1.165) is 34.1 Å². The molecule has 0 atom stereocenters. The fourth-order valence-corrected chi connectivity index (χ4v) is 3.60. The first-order chi connectivity index (χ1) is 14.1. The van der Waals surface area contributed by atoms with E-state index in [0.29, 0.717) is 29.5 Å². The Balaban J connectivity index is 1.91. The van der Waals surface area contributed by atoms with E-state index in [4.69, 9.17) is 16.3 Å². The van der Waals surface area contributed by atoms with Gasteiger partial charge in [-0.05, 0) is 47.9 Å².